The zero-order valence-electron chi connectivity index (χ0n) is 13.0. The van der Waals surface area contributed by atoms with Gasteiger partial charge in [-0.2, -0.15) is 13.2 Å². The molecule has 24 heavy (non-hydrogen) atoms. The van der Waals surface area contributed by atoms with Crippen LogP contribution in [-0.4, -0.2) is 37.1 Å². The maximum atomic E-state index is 13.7. The summed E-state index contributed by atoms with van der Waals surface area (Å²) in [6.45, 7) is 1.19. The fourth-order valence-electron chi connectivity index (χ4n) is 2.61. The minimum atomic E-state index is -4.96. The standard InChI is InChI=1S/C15H14ClF3O5/c1-4-14(15(17,18)19)8(13(20)21)5-7-6-9(16)11(22-2)12(23-3)10(7)24-14/h5-6H,4H2,1-3H3,(H,20,21). The number of carboxylic acid groups (broad SMARTS) is 1. The normalized spacial score (nSPS) is 19.9. The van der Waals surface area contributed by atoms with E-state index in [-0.39, 0.29) is 27.8 Å². The van der Waals surface area contributed by atoms with Crippen molar-refractivity contribution >= 4 is 23.6 Å². The van der Waals surface area contributed by atoms with Crippen LogP contribution in [0.4, 0.5) is 13.2 Å². The van der Waals surface area contributed by atoms with Crippen LogP contribution < -0.4 is 14.2 Å². The van der Waals surface area contributed by atoms with Crippen molar-refractivity contribution in [2.45, 2.75) is 25.1 Å². The summed E-state index contributed by atoms with van der Waals surface area (Å²) in [5.74, 6) is -2.14. The van der Waals surface area contributed by atoms with Gasteiger partial charge in [0.25, 0.3) is 0 Å². The molecule has 0 aromatic heterocycles. The van der Waals surface area contributed by atoms with Gasteiger partial charge in [0.15, 0.2) is 11.5 Å². The van der Waals surface area contributed by atoms with E-state index in [2.05, 4.69) is 0 Å². The molecule has 0 saturated carbocycles. The lowest BCUT2D eigenvalue weighted by molar-refractivity contribution is -0.236. The second kappa shape index (κ2) is 6.08. The molecule has 1 unspecified atom stereocenters. The highest BCUT2D eigenvalue weighted by molar-refractivity contribution is 6.32. The van der Waals surface area contributed by atoms with Gasteiger partial charge in [-0.1, -0.05) is 18.5 Å². The van der Waals surface area contributed by atoms with Crippen LogP contribution in [0.3, 0.4) is 0 Å². The number of rotatable bonds is 4. The lowest BCUT2D eigenvalue weighted by Gasteiger charge is -2.39. The summed E-state index contributed by atoms with van der Waals surface area (Å²) in [7, 11) is 2.49. The number of carbonyl (C=O) groups is 1. The number of hydrogen-bond acceptors (Lipinski definition) is 4. The van der Waals surface area contributed by atoms with Crippen molar-refractivity contribution in [1.29, 1.82) is 0 Å². The van der Waals surface area contributed by atoms with Gasteiger partial charge in [0, 0.05) is 5.56 Å². The first-order valence-corrected chi connectivity index (χ1v) is 7.16. The number of hydrogen-bond donors (Lipinski definition) is 1. The van der Waals surface area contributed by atoms with Gasteiger partial charge < -0.3 is 19.3 Å². The first-order chi connectivity index (χ1) is 11.1. The Morgan fingerprint density at radius 1 is 1.33 bits per heavy atom. The molecule has 0 fully saturated rings. The fraction of sp³-hybridized carbons (Fsp3) is 0.400. The van der Waals surface area contributed by atoms with Crippen LogP contribution in [-0.2, 0) is 4.79 Å². The Balaban J connectivity index is 2.84. The van der Waals surface area contributed by atoms with Crippen molar-refractivity contribution < 1.29 is 37.3 Å². The number of halogens is 4. The fourth-order valence-corrected chi connectivity index (χ4v) is 2.89. The van der Waals surface area contributed by atoms with E-state index in [1.165, 1.54) is 27.2 Å². The quantitative estimate of drug-likeness (QED) is 0.874. The van der Waals surface area contributed by atoms with Crippen molar-refractivity contribution in [3.05, 3.63) is 22.2 Å². The van der Waals surface area contributed by atoms with Crippen LogP contribution in [0.25, 0.3) is 6.08 Å². The van der Waals surface area contributed by atoms with Crippen LogP contribution in [0, 0.1) is 0 Å². The number of benzene rings is 1. The second-order valence-electron chi connectivity index (χ2n) is 4.99. The summed E-state index contributed by atoms with van der Waals surface area (Å²) in [4.78, 5) is 11.4. The van der Waals surface area contributed by atoms with Gasteiger partial charge in [0.05, 0.1) is 24.8 Å². The smallest absolute Gasteiger partial charge is 0.432 e. The molecule has 1 aliphatic rings. The van der Waals surface area contributed by atoms with E-state index in [0.29, 0.717) is 0 Å². The molecule has 0 radical (unpaired) electrons. The molecule has 9 heteroatoms. The number of methoxy groups -OCH3 is 2. The first-order valence-electron chi connectivity index (χ1n) is 6.78. The maximum absolute atomic E-state index is 13.7. The zero-order valence-corrected chi connectivity index (χ0v) is 13.7. The predicted octanol–water partition coefficient (Wildman–Crippen LogP) is 3.93. The maximum Gasteiger partial charge on any atom is 0.432 e. The Hall–Kier alpha value is -2.09. The summed E-state index contributed by atoms with van der Waals surface area (Å²) in [6, 6.07) is 1.26. The van der Waals surface area contributed by atoms with Crippen molar-refractivity contribution in [2.75, 3.05) is 14.2 Å². The Morgan fingerprint density at radius 3 is 2.33 bits per heavy atom. The van der Waals surface area contributed by atoms with Gasteiger partial charge in [-0.25, -0.2) is 4.79 Å². The highest BCUT2D eigenvalue weighted by Gasteiger charge is 2.62. The third-order valence-corrected chi connectivity index (χ3v) is 4.06. The van der Waals surface area contributed by atoms with Crippen LogP contribution in [0.1, 0.15) is 18.9 Å². The van der Waals surface area contributed by atoms with E-state index >= 15 is 0 Å². The van der Waals surface area contributed by atoms with E-state index in [1.54, 1.807) is 0 Å². The van der Waals surface area contributed by atoms with E-state index in [9.17, 15) is 23.1 Å². The summed E-state index contributed by atoms with van der Waals surface area (Å²) in [5, 5.41) is 9.30. The van der Waals surface area contributed by atoms with Gasteiger partial charge in [-0.15, -0.1) is 0 Å². The molecule has 0 saturated heterocycles. The molecule has 1 heterocycles. The second-order valence-corrected chi connectivity index (χ2v) is 5.39. The average molecular weight is 367 g/mol. The monoisotopic (exact) mass is 366 g/mol. The number of ether oxygens (including phenoxy) is 3. The van der Waals surface area contributed by atoms with E-state index in [1.807, 2.05) is 0 Å². The predicted molar refractivity (Wildman–Crippen MR) is 79.9 cm³/mol. The molecule has 5 nitrogen and oxygen atoms in total. The number of carboxylic acids is 1. The molecule has 1 aliphatic heterocycles. The van der Waals surface area contributed by atoms with Crippen molar-refractivity contribution in [2.24, 2.45) is 0 Å². The van der Waals surface area contributed by atoms with Gasteiger partial charge in [-0.05, 0) is 18.6 Å². The number of aliphatic carboxylic acids is 1. The molecule has 0 aliphatic carbocycles. The lowest BCUT2D eigenvalue weighted by atomic mass is 9.85. The molecule has 1 aromatic carbocycles. The van der Waals surface area contributed by atoms with Crippen molar-refractivity contribution in [3.8, 4) is 17.2 Å². The molecule has 1 aromatic rings. The van der Waals surface area contributed by atoms with E-state index in [0.717, 1.165) is 6.08 Å². The first kappa shape index (κ1) is 18.3. The van der Waals surface area contributed by atoms with E-state index < -0.39 is 29.7 Å². The molecule has 1 atom stereocenters. The molecule has 132 valence electrons. The van der Waals surface area contributed by atoms with Crippen LogP contribution >= 0.6 is 11.6 Å². The third-order valence-electron chi connectivity index (χ3n) is 3.78. The van der Waals surface area contributed by atoms with Gasteiger partial charge in [0.1, 0.15) is 0 Å². The summed E-state index contributed by atoms with van der Waals surface area (Å²) in [6.07, 6.45) is -4.70. The summed E-state index contributed by atoms with van der Waals surface area (Å²) in [5.41, 5.74) is -3.87. The molecular weight excluding hydrogens is 353 g/mol. The van der Waals surface area contributed by atoms with Crippen LogP contribution in [0.15, 0.2) is 11.6 Å². The number of alkyl halides is 3. The number of fused-ring (bicyclic) bond motifs is 1. The van der Waals surface area contributed by atoms with Crippen LogP contribution in [0.2, 0.25) is 5.02 Å². The van der Waals surface area contributed by atoms with Crippen molar-refractivity contribution in [1.82, 2.24) is 0 Å². The van der Waals surface area contributed by atoms with Gasteiger partial charge in [-0.3, -0.25) is 0 Å². The van der Waals surface area contributed by atoms with Gasteiger partial charge in [0.2, 0.25) is 11.4 Å². The topological polar surface area (TPSA) is 65.0 Å². The molecular formula is C15H14ClF3O5. The highest BCUT2D eigenvalue weighted by Crippen LogP contribution is 2.53. The minimum Gasteiger partial charge on any atom is -0.491 e. The molecule has 1 N–H and O–H groups in total. The van der Waals surface area contributed by atoms with E-state index in [4.69, 9.17) is 25.8 Å². The largest absolute Gasteiger partial charge is 0.491 e. The Bertz CT molecular complexity index is 714. The minimum absolute atomic E-state index is 0.00253. The van der Waals surface area contributed by atoms with Crippen LogP contribution in [0.5, 0.6) is 17.2 Å². The molecule has 0 spiro atoms. The molecule has 0 bridgehead atoms. The Morgan fingerprint density at radius 2 is 1.92 bits per heavy atom. The lowest BCUT2D eigenvalue weighted by Crippen LogP contribution is -2.54. The zero-order chi connectivity index (χ0) is 18.3. The third kappa shape index (κ3) is 2.54. The summed E-state index contributed by atoms with van der Waals surface area (Å²) >= 11 is 6.01. The average Bonchev–Trinajstić information content (AvgIpc) is 2.50. The Kier molecular flexibility index (Phi) is 4.63. The van der Waals surface area contributed by atoms with Gasteiger partial charge >= 0.3 is 12.1 Å². The molecule has 2 rings (SSSR count). The summed E-state index contributed by atoms with van der Waals surface area (Å²) < 4.78 is 56.3. The SMILES string of the molecule is CCC1(C(F)(F)F)Oc2c(cc(Cl)c(OC)c2OC)C=C1C(=O)O. The Labute approximate surface area is 140 Å². The molecule has 0 amide bonds. The highest BCUT2D eigenvalue weighted by atomic mass is 35.5. The van der Waals surface area contributed by atoms with Crippen molar-refractivity contribution in [3.63, 3.8) is 0 Å².